The SMILES string of the molecule is Cc1cc(-c2cnc3c(NCC(C)(C)O)cc(Oc4cccc5ncccc45)nn23)ccc1C(=O)NC1CC1. The average molecular weight is 523 g/mol. The number of hydrogen-bond acceptors (Lipinski definition) is 7. The van der Waals surface area contributed by atoms with Crippen LogP contribution in [0.3, 0.4) is 0 Å². The fourth-order valence-corrected chi connectivity index (χ4v) is 4.48. The average Bonchev–Trinajstić information content (AvgIpc) is 3.62. The monoisotopic (exact) mass is 522 g/mol. The van der Waals surface area contributed by atoms with E-state index < -0.39 is 5.60 Å². The van der Waals surface area contributed by atoms with Crippen LogP contribution >= 0.6 is 0 Å². The Morgan fingerprint density at radius 2 is 1.97 bits per heavy atom. The van der Waals surface area contributed by atoms with E-state index in [0.29, 0.717) is 41.1 Å². The van der Waals surface area contributed by atoms with Gasteiger partial charge in [-0.25, -0.2) is 9.50 Å². The third-order valence-corrected chi connectivity index (χ3v) is 6.66. The van der Waals surface area contributed by atoms with Crippen LogP contribution < -0.4 is 15.4 Å². The molecule has 1 fully saturated rings. The molecular weight excluding hydrogens is 492 g/mol. The van der Waals surface area contributed by atoms with Gasteiger partial charge in [0.15, 0.2) is 5.65 Å². The molecule has 0 saturated heterocycles. The maximum Gasteiger partial charge on any atom is 0.251 e. The molecule has 0 aliphatic heterocycles. The summed E-state index contributed by atoms with van der Waals surface area (Å²) in [5.74, 6) is 0.939. The van der Waals surface area contributed by atoms with Gasteiger partial charge in [-0.15, -0.1) is 5.10 Å². The van der Waals surface area contributed by atoms with E-state index >= 15 is 0 Å². The van der Waals surface area contributed by atoms with Gasteiger partial charge in [0.2, 0.25) is 5.88 Å². The van der Waals surface area contributed by atoms with Crippen molar-refractivity contribution in [3.05, 3.63) is 78.1 Å². The standard InChI is InChI=1S/C30H30N6O3/c1-18-14-19(9-12-21(18)29(37)34-20-10-11-20)25-16-32-28-24(33-17-30(2,3)38)15-27(35-36(25)28)39-26-8-4-7-23-22(26)6-5-13-31-23/h4-9,12-16,20,33,38H,10-11,17H2,1-3H3,(H,34,37). The Labute approximate surface area is 225 Å². The number of aliphatic hydroxyl groups is 1. The molecule has 0 atom stereocenters. The number of rotatable bonds is 8. The van der Waals surface area contributed by atoms with E-state index in [1.54, 1.807) is 36.8 Å². The summed E-state index contributed by atoms with van der Waals surface area (Å²) in [7, 11) is 0. The summed E-state index contributed by atoms with van der Waals surface area (Å²) in [5.41, 5.74) is 4.30. The highest BCUT2D eigenvalue weighted by Crippen LogP contribution is 2.32. The third kappa shape index (κ3) is 5.26. The van der Waals surface area contributed by atoms with Crippen LogP contribution in [0.5, 0.6) is 11.6 Å². The van der Waals surface area contributed by atoms with Crippen molar-refractivity contribution in [1.29, 1.82) is 0 Å². The highest BCUT2D eigenvalue weighted by molar-refractivity contribution is 5.96. The lowest BCUT2D eigenvalue weighted by molar-refractivity contribution is 0.0940. The van der Waals surface area contributed by atoms with Crippen molar-refractivity contribution in [2.75, 3.05) is 11.9 Å². The van der Waals surface area contributed by atoms with Crippen LogP contribution in [-0.4, -0.2) is 48.8 Å². The van der Waals surface area contributed by atoms with Crippen molar-refractivity contribution >= 4 is 28.1 Å². The molecule has 39 heavy (non-hydrogen) atoms. The molecule has 198 valence electrons. The first-order valence-electron chi connectivity index (χ1n) is 13.0. The number of pyridine rings is 1. The van der Waals surface area contributed by atoms with Gasteiger partial charge in [-0.2, -0.15) is 0 Å². The minimum absolute atomic E-state index is 0.0452. The van der Waals surface area contributed by atoms with E-state index in [4.69, 9.17) is 9.84 Å². The number of nitrogens with zero attached hydrogens (tertiary/aromatic N) is 4. The quantitative estimate of drug-likeness (QED) is 0.259. The van der Waals surface area contributed by atoms with Crippen molar-refractivity contribution < 1.29 is 14.6 Å². The van der Waals surface area contributed by atoms with Gasteiger partial charge in [0.05, 0.1) is 28.7 Å². The molecule has 3 heterocycles. The summed E-state index contributed by atoms with van der Waals surface area (Å²) in [6, 6.07) is 17.3. The summed E-state index contributed by atoms with van der Waals surface area (Å²) in [6.45, 7) is 5.71. The van der Waals surface area contributed by atoms with Crippen molar-refractivity contribution in [3.8, 4) is 22.9 Å². The molecule has 1 amide bonds. The molecule has 6 rings (SSSR count). The van der Waals surface area contributed by atoms with E-state index in [1.807, 2.05) is 55.5 Å². The number of carbonyl (C=O) groups is 1. The van der Waals surface area contributed by atoms with Gasteiger partial charge in [-0.05, 0) is 75.6 Å². The first kappa shape index (κ1) is 24.8. The van der Waals surface area contributed by atoms with Crippen LogP contribution in [-0.2, 0) is 0 Å². The minimum Gasteiger partial charge on any atom is -0.437 e. The Kier molecular flexibility index (Phi) is 6.15. The number of carbonyl (C=O) groups excluding carboxylic acids is 1. The molecule has 9 heteroatoms. The van der Waals surface area contributed by atoms with Crippen molar-refractivity contribution in [3.63, 3.8) is 0 Å². The maximum absolute atomic E-state index is 12.6. The molecule has 0 spiro atoms. The topological polar surface area (TPSA) is 114 Å². The highest BCUT2D eigenvalue weighted by Gasteiger charge is 2.25. The Balaban J connectivity index is 1.41. The molecule has 1 aliphatic carbocycles. The predicted molar refractivity (Wildman–Crippen MR) is 150 cm³/mol. The van der Waals surface area contributed by atoms with E-state index in [1.165, 1.54) is 0 Å². The van der Waals surface area contributed by atoms with Gasteiger partial charge in [0, 0.05) is 41.4 Å². The summed E-state index contributed by atoms with van der Waals surface area (Å²) in [6.07, 6.45) is 5.58. The van der Waals surface area contributed by atoms with Gasteiger partial charge in [0.25, 0.3) is 5.91 Å². The van der Waals surface area contributed by atoms with Crippen LogP contribution in [0, 0.1) is 6.92 Å². The molecule has 5 aromatic rings. The molecular formula is C30H30N6O3. The Morgan fingerprint density at radius 1 is 1.13 bits per heavy atom. The largest absolute Gasteiger partial charge is 0.437 e. The number of benzene rings is 2. The molecule has 0 bridgehead atoms. The number of nitrogens with one attached hydrogen (secondary N) is 2. The smallest absolute Gasteiger partial charge is 0.251 e. The number of ether oxygens (including phenoxy) is 1. The molecule has 0 unspecified atom stereocenters. The minimum atomic E-state index is -0.939. The fourth-order valence-electron chi connectivity index (χ4n) is 4.48. The third-order valence-electron chi connectivity index (χ3n) is 6.66. The van der Waals surface area contributed by atoms with Gasteiger partial charge >= 0.3 is 0 Å². The van der Waals surface area contributed by atoms with Gasteiger partial charge in [-0.3, -0.25) is 9.78 Å². The van der Waals surface area contributed by atoms with Crippen molar-refractivity contribution in [2.45, 2.75) is 45.3 Å². The van der Waals surface area contributed by atoms with Crippen LogP contribution in [0.2, 0.25) is 0 Å². The maximum atomic E-state index is 12.6. The normalized spacial score (nSPS) is 13.5. The second kappa shape index (κ2) is 9.67. The molecule has 3 aromatic heterocycles. The summed E-state index contributed by atoms with van der Waals surface area (Å²) in [4.78, 5) is 21.7. The van der Waals surface area contributed by atoms with Crippen molar-refractivity contribution in [2.24, 2.45) is 0 Å². The predicted octanol–water partition coefficient (Wildman–Crippen LogP) is 5.12. The lowest BCUT2D eigenvalue weighted by atomic mass is 10.0. The highest BCUT2D eigenvalue weighted by atomic mass is 16.5. The van der Waals surface area contributed by atoms with Crippen LogP contribution in [0.1, 0.15) is 42.6 Å². The van der Waals surface area contributed by atoms with Gasteiger partial charge in [-0.1, -0.05) is 12.1 Å². The van der Waals surface area contributed by atoms with Crippen molar-refractivity contribution in [1.82, 2.24) is 24.9 Å². The lowest BCUT2D eigenvalue weighted by Crippen LogP contribution is -2.29. The fraction of sp³-hybridized carbons (Fsp3) is 0.267. The second-order valence-electron chi connectivity index (χ2n) is 10.6. The Hall–Kier alpha value is -4.50. The summed E-state index contributed by atoms with van der Waals surface area (Å²) < 4.78 is 8.02. The molecule has 1 saturated carbocycles. The summed E-state index contributed by atoms with van der Waals surface area (Å²) >= 11 is 0. The Bertz CT molecular complexity index is 1700. The van der Waals surface area contributed by atoms with Crippen LogP contribution in [0.4, 0.5) is 5.69 Å². The van der Waals surface area contributed by atoms with E-state index in [0.717, 1.165) is 40.6 Å². The molecule has 9 nitrogen and oxygen atoms in total. The lowest BCUT2D eigenvalue weighted by Gasteiger charge is -2.19. The van der Waals surface area contributed by atoms with Crippen LogP contribution in [0.15, 0.2) is 67.0 Å². The van der Waals surface area contributed by atoms with Gasteiger partial charge in [0.1, 0.15) is 5.75 Å². The van der Waals surface area contributed by atoms with Crippen LogP contribution in [0.25, 0.3) is 27.8 Å². The zero-order chi connectivity index (χ0) is 27.1. The zero-order valence-electron chi connectivity index (χ0n) is 22.1. The summed E-state index contributed by atoms with van der Waals surface area (Å²) in [5, 5.41) is 22.3. The van der Waals surface area contributed by atoms with Gasteiger partial charge < -0.3 is 20.5 Å². The zero-order valence-corrected chi connectivity index (χ0v) is 22.1. The second-order valence-corrected chi connectivity index (χ2v) is 10.6. The number of aromatic nitrogens is 4. The Morgan fingerprint density at radius 3 is 2.74 bits per heavy atom. The first-order chi connectivity index (χ1) is 18.7. The first-order valence-corrected chi connectivity index (χ1v) is 13.0. The molecule has 0 radical (unpaired) electrons. The van der Waals surface area contributed by atoms with E-state index in [2.05, 4.69) is 20.6 Å². The molecule has 1 aliphatic rings. The number of fused-ring (bicyclic) bond motifs is 2. The number of anilines is 1. The van der Waals surface area contributed by atoms with E-state index in [-0.39, 0.29) is 5.91 Å². The number of imidazole rings is 1. The number of amides is 1. The van der Waals surface area contributed by atoms with E-state index in [9.17, 15) is 9.90 Å². The number of aryl methyl sites for hydroxylation is 1. The molecule has 3 N–H and O–H groups in total. The number of hydrogen-bond donors (Lipinski definition) is 3. The molecule has 2 aromatic carbocycles.